The Morgan fingerprint density at radius 1 is 1.17 bits per heavy atom. The normalized spacial score (nSPS) is 26.7. The third-order valence-corrected chi connectivity index (χ3v) is 5.98. The van der Waals surface area contributed by atoms with Gasteiger partial charge in [0.2, 0.25) is 0 Å². The van der Waals surface area contributed by atoms with Gasteiger partial charge < -0.3 is 15.2 Å². The number of piperidine rings is 1. The zero-order valence-electron chi connectivity index (χ0n) is 15.3. The highest BCUT2D eigenvalue weighted by Gasteiger charge is 2.33. The number of ether oxygens (including phenoxy) is 2. The first-order valence-electron chi connectivity index (χ1n) is 9.31. The van der Waals surface area contributed by atoms with E-state index in [0.717, 1.165) is 36.8 Å². The molecule has 3 atom stereocenters. The van der Waals surface area contributed by atoms with Crippen molar-refractivity contribution in [1.29, 1.82) is 0 Å². The first-order valence-corrected chi connectivity index (χ1v) is 9.31. The molecular weight excluding hydrogens is 300 g/mol. The maximum Gasteiger partial charge on any atom is 0.160 e. The van der Waals surface area contributed by atoms with Crippen molar-refractivity contribution in [2.45, 2.75) is 51.1 Å². The van der Waals surface area contributed by atoms with Gasteiger partial charge in [-0.05, 0) is 62.1 Å². The summed E-state index contributed by atoms with van der Waals surface area (Å²) in [5.74, 6) is 3.11. The van der Waals surface area contributed by atoms with E-state index in [1.807, 2.05) is 6.07 Å². The maximum atomic E-state index is 6.38. The Balaban J connectivity index is 1.65. The summed E-state index contributed by atoms with van der Waals surface area (Å²) in [5, 5.41) is 0. The van der Waals surface area contributed by atoms with Crippen LogP contribution in [0.4, 0.5) is 0 Å². The smallest absolute Gasteiger partial charge is 0.160 e. The molecule has 1 aliphatic heterocycles. The Morgan fingerprint density at radius 2 is 1.92 bits per heavy atom. The monoisotopic (exact) mass is 332 g/mol. The van der Waals surface area contributed by atoms with Gasteiger partial charge >= 0.3 is 0 Å². The molecule has 0 bridgehead atoms. The van der Waals surface area contributed by atoms with E-state index in [9.17, 15) is 0 Å². The highest BCUT2D eigenvalue weighted by molar-refractivity contribution is 5.43. The van der Waals surface area contributed by atoms with Crippen LogP contribution in [0, 0.1) is 11.8 Å². The van der Waals surface area contributed by atoms with Crippen LogP contribution in [0.15, 0.2) is 18.2 Å². The van der Waals surface area contributed by atoms with Crippen molar-refractivity contribution in [3.05, 3.63) is 23.8 Å². The summed E-state index contributed by atoms with van der Waals surface area (Å²) >= 11 is 0. The Bertz CT molecular complexity index is 544. The second-order valence-electron chi connectivity index (χ2n) is 7.64. The highest BCUT2D eigenvalue weighted by Crippen LogP contribution is 2.34. The lowest BCUT2D eigenvalue weighted by Gasteiger charge is -2.45. The van der Waals surface area contributed by atoms with Crippen molar-refractivity contribution in [2.24, 2.45) is 17.6 Å². The zero-order valence-corrected chi connectivity index (χ0v) is 15.3. The lowest BCUT2D eigenvalue weighted by Crippen LogP contribution is -2.53. The van der Waals surface area contributed by atoms with Gasteiger partial charge in [0.25, 0.3) is 0 Å². The molecule has 2 fully saturated rings. The molecule has 1 heterocycles. The van der Waals surface area contributed by atoms with Gasteiger partial charge in [-0.15, -0.1) is 0 Å². The number of nitrogens with two attached hydrogens (primary N) is 1. The van der Waals surface area contributed by atoms with E-state index in [1.165, 1.54) is 31.4 Å². The fourth-order valence-electron chi connectivity index (χ4n) is 4.33. The molecule has 3 unspecified atom stereocenters. The van der Waals surface area contributed by atoms with Gasteiger partial charge in [-0.2, -0.15) is 0 Å². The molecule has 2 aliphatic rings. The average Bonchev–Trinajstić information content (AvgIpc) is 2.52. The van der Waals surface area contributed by atoms with Crippen molar-refractivity contribution in [3.63, 3.8) is 0 Å². The van der Waals surface area contributed by atoms with E-state index in [-0.39, 0.29) is 0 Å². The zero-order chi connectivity index (χ0) is 17.1. The van der Waals surface area contributed by atoms with Crippen LogP contribution in [0.5, 0.6) is 11.5 Å². The number of likely N-dealkylation sites (tertiary alicyclic amines) is 1. The second kappa shape index (κ2) is 7.75. The van der Waals surface area contributed by atoms with Crippen LogP contribution in [-0.4, -0.2) is 44.3 Å². The van der Waals surface area contributed by atoms with Crippen LogP contribution in [0.1, 0.15) is 38.2 Å². The largest absolute Gasteiger partial charge is 0.493 e. The molecule has 0 radical (unpaired) electrons. The van der Waals surface area contributed by atoms with E-state index in [0.29, 0.717) is 18.0 Å². The van der Waals surface area contributed by atoms with Crippen molar-refractivity contribution >= 4 is 0 Å². The quantitative estimate of drug-likeness (QED) is 0.870. The van der Waals surface area contributed by atoms with Gasteiger partial charge in [0.15, 0.2) is 11.5 Å². The van der Waals surface area contributed by atoms with Crippen LogP contribution in [0.3, 0.4) is 0 Å². The van der Waals surface area contributed by atoms with Crippen LogP contribution >= 0.6 is 0 Å². The minimum Gasteiger partial charge on any atom is -0.493 e. The van der Waals surface area contributed by atoms with Crippen LogP contribution in [-0.2, 0) is 6.42 Å². The molecule has 1 saturated heterocycles. The van der Waals surface area contributed by atoms with Gasteiger partial charge in [-0.3, -0.25) is 4.90 Å². The van der Waals surface area contributed by atoms with Crippen molar-refractivity contribution in [3.8, 4) is 11.5 Å². The van der Waals surface area contributed by atoms with Gasteiger partial charge in [0, 0.05) is 25.2 Å². The van der Waals surface area contributed by atoms with Gasteiger partial charge in [-0.1, -0.05) is 12.5 Å². The number of methoxy groups -OCH3 is 2. The topological polar surface area (TPSA) is 47.7 Å². The molecule has 134 valence electrons. The average molecular weight is 332 g/mol. The molecule has 24 heavy (non-hydrogen) atoms. The summed E-state index contributed by atoms with van der Waals surface area (Å²) in [4.78, 5) is 2.64. The third kappa shape index (κ3) is 3.86. The van der Waals surface area contributed by atoms with Crippen molar-refractivity contribution < 1.29 is 9.47 Å². The van der Waals surface area contributed by atoms with Crippen LogP contribution < -0.4 is 15.2 Å². The van der Waals surface area contributed by atoms with Crippen molar-refractivity contribution in [2.75, 3.05) is 27.3 Å². The molecule has 1 aromatic rings. The minimum absolute atomic E-state index is 0.298. The number of nitrogens with zero attached hydrogens (tertiary/aromatic N) is 1. The second-order valence-corrected chi connectivity index (χ2v) is 7.64. The summed E-state index contributed by atoms with van der Waals surface area (Å²) in [6.45, 7) is 4.62. The third-order valence-electron chi connectivity index (χ3n) is 5.98. The number of benzene rings is 1. The van der Waals surface area contributed by atoms with E-state index in [4.69, 9.17) is 15.2 Å². The number of hydrogen-bond donors (Lipinski definition) is 1. The summed E-state index contributed by atoms with van der Waals surface area (Å²) < 4.78 is 10.8. The molecule has 1 aliphatic carbocycles. The number of rotatable bonds is 6. The lowest BCUT2D eigenvalue weighted by atomic mass is 9.78. The molecule has 0 aromatic heterocycles. The van der Waals surface area contributed by atoms with E-state index < -0.39 is 0 Å². The molecule has 0 spiro atoms. The Labute approximate surface area is 146 Å². The predicted molar refractivity (Wildman–Crippen MR) is 97.7 cm³/mol. The van der Waals surface area contributed by atoms with Gasteiger partial charge in [-0.25, -0.2) is 0 Å². The van der Waals surface area contributed by atoms with E-state index in [2.05, 4.69) is 24.0 Å². The molecular formula is C20H32N2O2. The van der Waals surface area contributed by atoms with E-state index >= 15 is 0 Å². The summed E-state index contributed by atoms with van der Waals surface area (Å²) in [7, 11) is 3.37. The first-order chi connectivity index (χ1) is 11.6. The maximum absolute atomic E-state index is 6.38. The fourth-order valence-corrected chi connectivity index (χ4v) is 4.33. The lowest BCUT2D eigenvalue weighted by molar-refractivity contribution is 0.0587. The first kappa shape index (κ1) is 17.6. The minimum atomic E-state index is 0.298. The Kier molecular flexibility index (Phi) is 5.67. The summed E-state index contributed by atoms with van der Waals surface area (Å²) in [6.07, 6.45) is 6.37. The Hall–Kier alpha value is -1.26. The molecule has 4 nitrogen and oxygen atoms in total. The molecule has 4 heteroatoms. The predicted octanol–water partition coefficient (Wildman–Crippen LogP) is 3.08. The van der Waals surface area contributed by atoms with Crippen LogP contribution in [0.25, 0.3) is 0 Å². The molecule has 0 amide bonds. The molecule has 2 N–H and O–H groups in total. The molecule has 1 aromatic carbocycles. The molecule has 1 saturated carbocycles. The van der Waals surface area contributed by atoms with Gasteiger partial charge in [0.05, 0.1) is 14.2 Å². The standard InChI is InChI=1S/C20H32N2O2/c1-14(17-5-4-6-17)22-12-16(10-18(21)13-22)9-15-7-8-19(23-2)20(11-15)24-3/h7-8,11,14,16-18H,4-6,9-10,12-13,21H2,1-3H3. The Morgan fingerprint density at radius 3 is 2.54 bits per heavy atom. The molecule has 3 rings (SSSR count). The summed E-state index contributed by atoms with van der Waals surface area (Å²) in [6, 6.07) is 7.25. The fraction of sp³-hybridized carbons (Fsp3) is 0.700. The van der Waals surface area contributed by atoms with Crippen LogP contribution in [0.2, 0.25) is 0 Å². The summed E-state index contributed by atoms with van der Waals surface area (Å²) in [5.41, 5.74) is 7.69. The van der Waals surface area contributed by atoms with E-state index in [1.54, 1.807) is 14.2 Å². The SMILES string of the molecule is COc1ccc(CC2CC(N)CN(C(C)C3CCC3)C2)cc1OC. The van der Waals surface area contributed by atoms with Gasteiger partial charge in [0.1, 0.15) is 0 Å². The van der Waals surface area contributed by atoms with Crippen molar-refractivity contribution in [1.82, 2.24) is 4.90 Å². The highest BCUT2D eigenvalue weighted by atomic mass is 16.5. The number of hydrogen-bond acceptors (Lipinski definition) is 4.